The molecule has 0 unspecified atom stereocenters. The van der Waals surface area contributed by atoms with Gasteiger partial charge in [-0.05, 0) is 24.8 Å². The molecule has 3 rings (SSSR count). The Bertz CT molecular complexity index is 687. The number of piperidine rings is 1. The Labute approximate surface area is 142 Å². The largest absolute Gasteiger partial charge is 0.493 e. The third kappa shape index (κ3) is 3.37. The van der Waals surface area contributed by atoms with Crippen molar-refractivity contribution in [3.05, 3.63) is 12.1 Å². The zero-order chi connectivity index (χ0) is 15.7. The first-order valence-electron chi connectivity index (χ1n) is 7.56. The average Bonchev–Trinajstić information content (AvgIpc) is 2.54. The lowest BCUT2D eigenvalue weighted by atomic mass is 10.00. The van der Waals surface area contributed by atoms with Crippen LogP contribution in [-0.2, 0) is 0 Å². The van der Waals surface area contributed by atoms with Crippen LogP contribution in [0.5, 0.6) is 11.5 Å². The molecule has 2 aromatic rings. The molecule has 0 spiro atoms. The Kier molecular flexibility index (Phi) is 5.36. The number of hydrogen-bond donors (Lipinski definition) is 1. The summed E-state index contributed by atoms with van der Waals surface area (Å²) in [5, 5.41) is 0.784. The molecule has 1 aromatic heterocycles. The fourth-order valence-corrected chi connectivity index (χ4v) is 2.82. The van der Waals surface area contributed by atoms with Crippen LogP contribution < -0.4 is 20.1 Å². The van der Waals surface area contributed by atoms with Crippen molar-refractivity contribution in [2.45, 2.75) is 19.8 Å². The van der Waals surface area contributed by atoms with Crippen LogP contribution in [0.3, 0.4) is 0 Å². The summed E-state index contributed by atoms with van der Waals surface area (Å²) in [4.78, 5) is 11.3. The molecule has 1 aliphatic rings. The molecule has 1 saturated heterocycles. The lowest BCUT2D eigenvalue weighted by Gasteiger charge is -2.30. The molecule has 1 aliphatic heterocycles. The number of ether oxygens (including phenoxy) is 2. The monoisotopic (exact) mass is 338 g/mol. The number of aromatic nitrogens is 2. The number of fused-ring (bicyclic) bond motifs is 1. The number of nitrogens with zero attached hydrogens (tertiary/aromatic N) is 3. The standard InChI is InChI=1S/C16H22N4O2.ClH/c1-10-4-6-20(7-5-10)16-18-12-9-14(22-3)13(21-2)8-11(12)15(17)19-16;/h8-10H,4-7H2,1-3H3,(H2,17,18,19);1H. The van der Waals surface area contributed by atoms with Gasteiger partial charge in [-0.15, -0.1) is 12.4 Å². The smallest absolute Gasteiger partial charge is 0.227 e. The van der Waals surface area contributed by atoms with Gasteiger partial charge >= 0.3 is 0 Å². The van der Waals surface area contributed by atoms with Crippen LogP contribution in [0.15, 0.2) is 12.1 Å². The number of hydrogen-bond acceptors (Lipinski definition) is 6. The number of nitrogen functional groups attached to an aromatic ring is 1. The van der Waals surface area contributed by atoms with Gasteiger partial charge < -0.3 is 20.1 Å². The Hall–Kier alpha value is -1.95. The summed E-state index contributed by atoms with van der Waals surface area (Å²) in [5.41, 5.74) is 6.91. The molecule has 1 fully saturated rings. The predicted octanol–water partition coefficient (Wildman–Crippen LogP) is 2.89. The lowest BCUT2D eigenvalue weighted by molar-refractivity contribution is 0.356. The van der Waals surface area contributed by atoms with E-state index in [9.17, 15) is 0 Å². The molecule has 23 heavy (non-hydrogen) atoms. The van der Waals surface area contributed by atoms with E-state index in [1.807, 2.05) is 12.1 Å². The number of methoxy groups -OCH3 is 2. The number of halogens is 1. The van der Waals surface area contributed by atoms with Crippen molar-refractivity contribution in [2.75, 3.05) is 37.9 Å². The molecule has 2 heterocycles. The Morgan fingerprint density at radius 3 is 2.30 bits per heavy atom. The van der Waals surface area contributed by atoms with E-state index in [0.717, 1.165) is 42.8 Å². The highest BCUT2D eigenvalue weighted by molar-refractivity contribution is 5.91. The van der Waals surface area contributed by atoms with Gasteiger partial charge in [-0.2, -0.15) is 4.98 Å². The third-order valence-corrected chi connectivity index (χ3v) is 4.29. The van der Waals surface area contributed by atoms with Crippen molar-refractivity contribution in [1.82, 2.24) is 9.97 Å². The van der Waals surface area contributed by atoms with Crippen LogP contribution in [0.1, 0.15) is 19.8 Å². The molecule has 7 heteroatoms. The van der Waals surface area contributed by atoms with Gasteiger partial charge in [0.05, 0.1) is 19.7 Å². The molecule has 1 aromatic carbocycles. The van der Waals surface area contributed by atoms with Crippen molar-refractivity contribution in [2.24, 2.45) is 5.92 Å². The number of benzene rings is 1. The van der Waals surface area contributed by atoms with Crippen LogP contribution >= 0.6 is 12.4 Å². The van der Waals surface area contributed by atoms with Crippen LogP contribution in [0.25, 0.3) is 10.9 Å². The lowest BCUT2D eigenvalue weighted by Crippen LogP contribution is -2.34. The summed E-state index contributed by atoms with van der Waals surface area (Å²) in [6.45, 7) is 4.23. The quantitative estimate of drug-likeness (QED) is 0.927. The van der Waals surface area contributed by atoms with E-state index in [0.29, 0.717) is 23.3 Å². The summed E-state index contributed by atoms with van der Waals surface area (Å²) in [5.74, 6) is 3.21. The third-order valence-electron chi connectivity index (χ3n) is 4.29. The van der Waals surface area contributed by atoms with Gasteiger partial charge in [0.25, 0.3) is 0 Å². The molecule has 0 aliphatic carbocycles. The summed E-state index contributed by atoms with van der Waals surface area (Å²) >= 11 is 0. The molecule has 0 radical (unpaired) electrons. The molecule has 0 saturated carbocycles. The minimum atomic E-state index is 0. The van der Waals surface area contributed by atoms with Crippen LogP contribution in [0.2, 0.25) is 0 Å². The van der Waals surface area contributed by atoms with E-state index in [-0.39, 0.29) is 12.4 Å². The number of rotatable bonds is 3. The van der Waals surface area contributed by atoms with Gasteiger partial charge in [-0.3, -0.25) is 0 Å². The minimum Gasteiger partial charge on any atom is -0.493 e. The Balaban J connectivity index is 0.00000192. The Morgan fingerprint density at radius 2 is 1.70 bits per heavy atom. The molecule has 0 atom stereocenters. The van der Waals surface area contributed by atoms with E-state index in [2.05, 4.69) is 21.8 Å². The van der Waals surface area contributed by atoms with Crippen molar-refractivity contribution in [3.63, 3.8) is 0 Å². The van der Waals surface area contributed by atoms with Crippen molar-refractivity contribution < 1.29 is 9.47 Å². The van der Waals surface area contributed by atoms with Crippen molar-refractivity contribution in [1.29, 1.82) is 0 Å². The molecule has 2 N–H and O–H groups in total. The average molecular weight is 339 g/mol. The minimum absolute atomic E-state index is 0. The fraction of sp³-hybridized carbons (Fsp3) is 0.500. The summed E-state index contributed by atoms with van der Waals surface area (Å²) in [6, 6.07) is 3.67. The van der Waals surface area contributed by atoms with Crippen LogP contribution in [0, 0.1) is 5.92 Å². The highest BCUT2D eigenvalue weighted by atomic mass is 35.5. The maximum absolute atomic E-state index is 6.13. The van der Waals surface area contributed by atoms with E-state index < -0.39 is 0 Å². The van der Waals surface area contributed by atoms with Gasteiger partial charge in [0.1, 0.15) is 5.82 Å². The molecule has 6 nitrogen and oxygen atoms in total. The van der Waals surface area contributed by atoms with E-state index in [1.165, 1.54) is 0 Å². The summed E-state index contributed by atoms with van der Waals surface area (Å²) in [6.07, 6.45) is 2.32. The van der Waals surface area contributed by atoms with E-state index >= 15 is 0 Å². The van der Waals surface area contributed by atoms with Gasteiger partial charge in [-0.1, -0.05) is 6.92 Å². The van der Waals surface area contributed by atoms with Gasteiger partial charge in [0, 0.05) is 24.5 Å². The molecule has 0 amide bonds. The maximum Gasteiger partial charge on any atom is 0.227 e. The highest BCUT2D eigenvalue weighted by Crippen LogP contribution is 2.34. The first-order valence-corrected chi connectivity index (χ1v) is 7.56. The first-order chi connectivity index (χ1) is 10.6. The van der Waals surface area contributed by atoms with Crippen LogP contribution in [0.4, 0.5) is 11.8 Å². The summed E-state index contributed by atoms with van der Waals surface area (Å²) in [7, 11) is 3.21. The predicted molar refractivity (Wildman–Crippen MR) is 94.9 cm³/mol. The molecule has 0 bridgehead atoms. The maximum atomic E-state index is 6.13. The molecule has 126 valence electrons. The Morgan fingerprint density at radius 1 is 1.09 bits per heavy atom. The number of nitrogens with two attached hydrogens (primary N) is 1. The second kappa shape index (κ2) is 7.08. The number of anilines is 2. The topological polar surface area (TPSA) is 73.5 Å². The van der Waals surface area contributed by atoms with E-state index in [4.69, 9.17) is 15.2 Å². The fourth-order valence-electron chi connectivity index (χ4n) is 2.82. The van der Waals surface area contributed by atoms with Gasteiger partial charge in [-0.25, -0.2) is 4.98 Å². The zero-order valence-electron chi connectivity index (χ0n) is 13.7. The second-order valence-electron chi connectivity index (χ2n) is 5.80. The SMILES string of the molecule is COc1cc2nc(N3CCC(C)CC3)nc(N)c2cc1OC.Cl. The van der Waals surface area contributed by atoms with Crippen molar-refractivity contribution in [3.8, 4) is 11.5 Å². The normalized spacial score (nSPS) is 15.3. The molecular weight excluding hydrogens is 316 g/mol. The van der Waals surface area contributed by atoms with E-state index in [1.54, 1.807) is 14.2 Å². The van der Waals surface area contributed by atoms with Crippen molar-refractivity contribution >= 4 is 35.1 Å². The second-order valence-corrected chi connectivity index (χ2v) is 5.80. The van der Waals surface area contributed by atoms with Gasteiger partial charge in [0.15, 0.2) is 11.5 Å². The summed E-state index contributed by atoms with van der Waals surface area (Å²) < 4.78 is 10.7. The highest BCUT2D eigenvalue weighted by Gasteiger charge is 2.20. The van der Waals surface area contributed by atoms with Crippen LogP contribution in [-0.4, -0.2) is 37.3 Å². The zero-order valence-corrected chi connectivity index (χ0v) is 14.5. The first kappa shape index (κ1) is 17.4. The molecular formula is C16H23ClN4O2. The van der Waals surface area contributed by atoms with Gasteiger partial charge in [0.2, 0.25) is 5.95 Å².